The molecule has 2 heteroatoms. The Bertz CT molecular complexity index is 371. The molecule has 2 nitrogen and oxygen atoms in total. The van der Waals surface area contributed by atoms with Crippen LogP contribution < -0.4 is 10.1 Å². The average molecular weight is 261 g/mol. The van der Waals surface area contributed by atoms with Gasteiger partial charge < -0.3 is 10.1 Å². The molecule has 0 unspecified atom stereocenters. The van der Waals surface area contributed by atoms with Gasteiger partial charge in [0.05, 0.1) is 0 Å². The molecule has 0 saturated heterocycles. The van der Waals surface area contributed by atoms with E-state index in [-0.39, 0.29) is 5.60 Å². The molecule has 0 heterocycles. The van der Waals surface area contributed by atoms with E-state index < -0.39 is 0 Å². The molecule has 0 aromatic heterocycles. The lowest BCUT2D eigenvalue weighted by Gasteiger charge is -2.23. The van der Waals surface area contributed by atoms with Gasteiger partial charge in [0.15, 0.2) is 0 Å². The second kappa shape index (κ2) is 6.42. The summed E-state index contributed by atoms with van der Waals surface area (Å²) >= 11 is 0. The van der Waals surface area contributed by atoms with E-state index in [0.717, 1.165) is 18.3 Å². The largest absolute Gasteiger partial charge is 0.488 e. The van der Waals surface area contributed by atoms with Gasteiger partial charge in [0.1, 0.15) is 11.4 Å². The second-order valence-corrected chi connectivity index (χ2v) is 6.57. The summed E-state index contributed by atoms with van der Waals surface area (Å²) in [6, 6.07) is 9.19. The highest BCUT2D eigenvalue weighted by molar-refractivity contribution is 5.27. The van der Waals surface area contributed by atoms with Crippen LogP contribution in [-0.4, -0.2) is 11.6 Å². The smallest absolute Gasteiger partial charge is 0.120 e. The minimum atomic E-state index is -0.123. The van der Waals surface area contributed by atoms with Gasteiger partial charge in [0.25, 0.3) is 0 Å². The fraction of sp³-hybridized carbons (Fsp3) is 0.647. The Balaban J connectivity index is 1.81. The molecule has 2 rings (SSSR count). The zero-order valence-electron chi connectivity index (χ0n) is 12.5. The predicted octanol–water partition coefficient (Wildman–Crippen LogP) is 4.29. The van der Waals surface area contributed by atoms with Gasteiger partial charge in [-0.1, -0.05) is 31.4 Å². The molecule has 1 aromatic rings. The van der Waals surface area contributed by atoms with Crippen molar-refractivity contribution < 1.29 is 4.74 Å². The summed E-state index contributed by atoms with van der Waals surface area (Å²) < 4.78 is 5.83. The molecule has 19 heavy (non-hydrogen) atoms. The molecule has 1 aliphatic rings. The molecule has 0 radical (unpaired) electrons. The number of nitrogens with one attached hydrogen (secondary N) is 1. The highest BCUT2D eigenvalue weighted by atomic mass is 16.5. The van der Waals surface area contributed by atoms with Crippen molar-refractivity contribution in [1.29, 1.82) is 0 Å². The van der Waals surface area contributed by atoms with E-state index in [9.17, 15) is 0 Å². The van der Waals surface area contributed by atoms with Gasteiger partial charge in [-0.3, -0.25) is 0 Å². The normalized spacial score (nSPS) is 17.4. The zero-order chi connectivity index (χ0) is 13.7. The second-order valence-electron chi connectivity index (χ2n) is 6.57. The third-order valence-electron chi connectivity index (χ3n) is 3.55. The minimum Gasteiger partial charge on any atom is -0.488 e. The molecule has 1 fully saturated rings. The van der Waals surface area contributed by atoms with E-state index in [1.165, 1.54) is 37.7 Å². The van der Waals surface area contributed by atoms with Gasteiger partial charge in [-0.25, -0.2) is 0 Å². The summed E-state index contributed by atoms with van der Waals surface area (Å²) in [5.41, 5.74) is 1.22. The van der Waals surface area contributed by atoms with Crippen molar-refractivity contribution in [3.8, 4) is 5.75 Å². The summed E-state index contributed by atoms with van der Waals surface area (Å²) in [5, 5.41) is 3.66. The first-order valence-corrected chi connectivity index (χ1v) is 7.54. The van der Waals surface area contributed by atoms with Crippen LogP contribution in [0.1, 0.15) is 58.4 Å². The first-order valence-electron chi connectivity index (χ1n) is 7.54. The molecule has 0 bridgehead atoms. The summed E-state index contributed by atoms with van der Waals surface area (Å²) in [7, 11) is 0. The van der Waals surface area contributed by atoms with Crippen LogP contribution in [0.5, 0.6) is 5.75 Å². The maximum absolute atomic E-state index is 5.83. The number of ether oxygens (including phenoxy) is 1. The average Bonchev–Trinajstić information content (AvgIpc) is 2.37. The van der Waals surface area contributed by atoms with Gasteiger partial charge in [-0.05, 0) is 51.3 Å². The summed E-state index contributed by atoms with van der Waals surface area (Å²) in [6.45, 7) is 7.20. The molecule has 0 spiro atoms. The highest BCUT2D eigenvalue weighted by Gasteiger charge is 2.13. The Morgan fingerprint density at radius 3 is 2.26 bits per heavy atom. The van der Waals surface area contributed by atoms with Crippen LogP contribution in [0.2, 0.25) is 0 Å². The van der Waals surface area contributed by atoms with Crippen LogP contribution in [0.15, 0.2) is 24.3 Å². The van der Waals surface area contributed by atoms with E-state index in [2.05, 4.69) is 50.4 Å². The Hall–Kier alpha value is -1.02. The first kappa shape index (κ1) is 14.4. The molecule has 1 aromatic carbocycles. The number of rotatable bonds is 4. The van der Waals surface area contributed by atoms with Gasteiger partial charge in [-0.15, -0.1) is 0 Å². The Morgan fingerprint density at radius 2 is 1.68 bits per heavy atom. The lowest BCUT2D eigenvalue weighted by atomic mass is 9.95. The molecule has 1 aliphatic carbocycles. The molecule has 1 saturated carbocycles. The first-order chi connectivity index (χ1) is 9.03. The van der Waals surface area contributed by atoms with Gasteiger partial charge >= 0.3 is 0 Å². The van der Waals surface area contributed by atoms with E-state index in [4.69, 9.17) is 4.74 Å². The number of hydrogen-bond acceptors (Lipinski definition) is 2. The van der Waals surface area contributed by atoms with Crippen molar-refractivity contribution in [3.05, 3.63) is 29.8 Å². The van der Waals surface area contributed by atoms with Crippen LogP contribution >= 0.6 is 0 Å². The molecule has 106 valence electrons. The Labute approximate surface area is 117 Å². The quantitative estimate of drug-likeness (QED) is 0.873. The van der Waals surface area contributed by atoms with Gasteiger partial charge in [0, 0.05) is 12.6 Å². The van der Waals surface area contributed by atoms with Crippen LogP contribution in [0, 0.1) is 0 Å². The predicted molar refractivity (Wildman–Crippen MR) is 80.5 cm³/mol. The van der Waals surface area contributed by atoms with Gasteiger partial charge in [0.2, 0.25) is 0 Å². The third-order valence-corrected chi connectivity index (χ3v) is 3.55. The molecule has 0 amide bonds. The number of hydrogen-bond donors (Lipinski definition) is 1. The minimum absolute atomic E-state index is 0.123. The molecule has 0 atom stereocenters. The van der Waals surface area contributed by atoms with E-state index in [1.807, 2.05) is 0 Å². The van der Waals surface area contributed by atoms with Crippen molar-refractivity contribution in [3.63, 3.8) is 0 Å². The van der Waals surface area contributed by atoms with E-state index in [0.29, 0.717) is 0 Å². The van der Waals surface area contributed by atoms with E-state index >= 15 is 0 Å². The fourth-order valence-corrected chi connectivity index (χ4v) is 2.60. The van der Waals surface area contributed by atoms with Crippen molar-refractivity contribution in [2.75, 3.05) is 0 Å². The number of benzene rings is 1. The van der Waals surface area contributed by atoms with E-state index in [1.54, 1.807) is 0 Å². The maximum Gasteiger partial charge on any atom is 0.120 e. The SMILES string of the molecule is CC(C)(C)Oc1ccc(CNC2CCCCC2)cc1. The van der Waals surface area contributed by atoms with Crippen LogP contribution in [0.4, 0.5) is 0 Å². The highest BCUT2D eigenvalue weighted by Crippen LogP contribution is 2.20. The molecule has 0 aliphatic heterocycles. The maximum atomic E-state index is 5.83. The molecule has 1 N–H and O–H groups in total. The van der Waals surface area contributed by atoms with Crippen molar-refractivity contribution >= 4 is 0 Å². The van der Waals surface area contributed by atoms with Crippen LogP contribution in [0.25, 0.3) is 0 Å². The van der Waals surface area contributed by atoms with Gasteiger partial charge in [-0.2, -0.15) is 0 Å². The molecular weight excluding hydrogens is 234 g/mol. The lowest BCUT2D eigenvalue weighted by Crippen LogP contribution is -2.30. The monoisotopic (exact) mass is 261 g/mol. The Kier molecular flexibility index (Phi) is 4.87. The standard InChI is InChI=1S/C17H27NO/c1-17(2,3)19-16-11-9-14(10-12-16)13-18-15-7-5-4-6-8-15/h9-12,15,18H,4-8,13H2,1-3H3. The van der Waals surface area contributed by atoms with Crippen molar-refractivity contribution in [1.82, 2.24) is 5.32 Å². The van der Waals surface area contributed by atoms with Crippen LogP contribution in [0.3, 0.4) is 0 Å². The Morgan fingerprint density at radius 1 is 1.05 bits per heavy atom. The van der Waals surface area contributed by atoms with Crippen molar-refractivity contribution in [2.24, 2.45) is 0 Å². The summed E-state index contributed by atoms with van der Waals surface area (Å²) in [4.78, 5) is 0. The van der Waals surface area contributed by atoms with Crippen molar-refractivity contribution in [2.45, 2.75) is 71.1 Å². The topological polar surface area (TPSA) is 21.3 Å². The summed E-state index contributed by atoms with van der Waals surface area (Å²) in [5.74, 6) is 0.953. The van der Waals surface area contributed by atoms with Crippen LogP contribution in [-0.2, 0) is 6.54 Å². The summed E-state index contributed by atoms with van der Waals surface area (Å²) in [6.07, 6.45) is 6.86. The zero-order valence-corrected chi connectivity index (χ0v) is 12.5. The fourth-order valence-electron chi connectivity index (χ4n) is 2.60. The lowest BCUT2D eigenvalue weighted by molar-refractivity contribution is 0.131. The third kappa shape index (κ3) is 5.23. The molecular formula is C17H27NO.